The second-order valence-electron chi connectivity index (χ2n) is 8.22. The van der Waals surface area contributed by atoms with Gasteiger partial charge in [0.1, 0.15) is 5.78 Å². The summed E-state index contributed by atoms with van der Waals surface area (Å²) in [7, 11) is 1.65. The Morgan fingerprint density at radius 1 is 1.28 bits per heavy atom. The Hall–Kier alpha value is -1.08. The number of nitrogens with zero attached hydrogens (tertiary/aromatic N) is 2. The van der Waals surface area contributed by atoms with E-state index in [2.05, 4.69) is 10.2 Å². The summed E-state index contributed by atoms with van der Waals surface area (Å²) in [6.07, 6.45) is 8.08. The number of rotatable bonds is 8. The monoisotopic (exact) mass is 365 g/mol. The average Bonchev–Trinajstić information content (AvgIpc) is 2.92. The van der Waals surface area contributed by atoms with Gasteiger partial charge in [-0.2, -0.15) is 0 Å². The predicted molar refractivity (Wildman–Crippen MR) is 95.7 cm³/mol. The molecule has 4 fully saturated rings. The second-order valence-corrected chi connectivity index (χ2v) is 9.16. The van der Waals surface area contributed by atoms with Crippen LogP contribution in [-0.4, -0.2) is 40.0 Å². The number of hydrogen-bond donors (Lipinski definition) is 1. The minimum atomic E-state index is -0.208. The number of methoxy groups -OCH3 is 1. The average molecular weight is 365 g/mol. The van der Waals surface area contributed by atoms with Crippen LogP contribution in [0.1, 0.15) is 44.9 Å². The fraction of sp³-hybridized carbons (Fsp3) is 0.833. The molecule has 1 aromatic rings. The summed E-state index contributed by atoms with van der Waals surface area (Å²) < 4.78 is 6.67. The molecule has 1 N–H and O–H groups in total. The third-order valence-electron chi connectivity index (χ3n) is 6.42. The summed E-state index contributed by atoms with van der Waals surface area (Å²) in [6.45, 7) is 1.17. The summed E-state index contributed by atoms with van der Waals surface area (Å²) in [5, 5.41) is 7.24. The van der Waals surface area contributed by atoms with Crippen LogP contribution in [0.5, 0.6) is 0 Å². The second kappa shape index (κ2) is 6.91. The number of aromatic nitrogens is 3. The number of hydrogen-bond acceptors (Lipinski definition) is 5. The maximum atomic E-state index is 13.1. The molecule has 0 aromatic carbocycles. The first-order chi connectivity index (χ1) is 12.1. The molecule has 138 valence electrons. The van der Waals surface area contributed by atoms with Gasteiger partial charge in [-0.3, -0.25) is 9.36 Å². The Morgan fingerprint density at radius 3 is 2.52 bits per heavy atom. The van der Waals surface area contributed by atoms with E-state index in [0.29, 0.717) is 29.8 Å². The molecule has 0 atom stereocenters. The molecule has 7 heteroatoms. The topological polar surface area (TPSA) is 77.0 Å². The molecule has 1 aromatic heterocycles. The molecule has 0 amide bonds. The molecule has 6 nitrogen and oxygen atoms in total. The highest BCUT2D eigenvalue weighted by Gasteiger charge is 2.54. The lowest BCUT2D eigenvalue weighted by molar-refractivity contribution is -0.141. The van der Waals surface area contributed by atoms with Crippen molar-refractivity contribution < 1.29 is 9.53 Å². The Bertz CT molecular complexity index is 661. The third-order valence-corrected chi connectivity index (χ3v) is 7.39. The van der Waals surface area contributed by atoms with Crippen molar-refractivity contribution in [3.63, 3.8) is 0 Å². The summed E-state index contributed by atoms with van der Waals surface area (Å²) in [4.78, 5) is 25.0. The van der Waals surface area contributed by atoms with Crippen LogP contribution in [0.2, 0.25) is 0 Å². The highest BCUT2D eigenvalue weighted by molar-refractivity contribution is 7.99. The number of thioether (sulfide) groups is 1. The molecule has 4 bridgehead atoms. The fourth-order valence-corrected chi connectivity index (χ4v) is 6.72. The number of ketones is 1. The van der Waals surface area contributed by atoms with Crippen molar-refractivity contribution in [2.24, 2.45) is 23.2 Å². The first-order valence-electron chi connectivity index (χ1n) is 9.40. The molecule has 5 rings (SSSR count). The van der Waals surface area contributed by atoms with Crippen LogP contribution >= 0.6 is 11.8 Å². The predicted octanol–water partition coefficient (Wildman–Crippen LogP) is 2.49. The van der Waals surface area contributed by atoms with E-state index < -0.39 is 0 Å². The van der Waals surface area contributed by atoms with Gasteiger partial charge >= 0.3 is 5.69 Å². The maximum absolute atomic E-state index is 13.1. The van der Waals surface area contributed by atoms with Crippen molar-refractivity contribution >= 4 is 17.5 Å². The number of Topliss-reactive ketones (excluding diaryl/α,β-unsaturated/α-hetero) is 1. The molecule has 0 saturated heterocycles. The quantitative estimate of drug-likeness (QED) is 0.566. The van der Waals surface area contributed by atoms with Gasteiger partial charge in [0.15, 0.2) is 5.16 Å². The van der Waals surface area contributed by atoms with Gasteiger partial charge in [-0.15, -0.1) is 5.10 Å². The van der Waals surface area contributed by atoms with E-state index in [9.17, 15) is 9.59 Å². The van der Waals surface area contributed by atoms with Gasteiger partial charge < -0.3 is 4.74 Å². The van der Waals surface area contributed by atoms with Crippen LogP contribution in [0, 0.1) is 23.2 Å². The van der Waals surface area contributed by atoms with E-state index in [1.807, 2.05) is 0 Å². The molecule has 4 aliphatic rings. The van der Waals surface area contributed by atoms with Crippen molar-refractivity contribution in [1.29, 1.82) is 0 Å². The lowest BCUT2D eigenvalue weighted by Crippen LogP contribution is -2.50. The Balaban J connectivity index is 1.40. The minimum absolute atomic E-state index is 0.0702. The van der Waals surface area contributed by atoms with Crippen LogP contribution in [-0.2, 0) is 16.1 Å². The zero-order valence-electron chi connectivity index (χ0n) is 14.8. The van der Waals surface area contributed by atoms with Gasteiger partial charge in [-0.1, -0.05) is 11.8 Å². The Kier molecular flexibility index (Phi) is 4.79. The van der Waals surface area contributed by atoms with Crippen LogP contribution in [0.4, 0.5) is 0 Å². The van der Waals surface area contributed by atoms with Gasteiger partial charge in [0.2, 0.25) is 0 Å². The number of carbonyl (C=O) groups excluding carboxylic acids is 1. The molecular weight excluding hydrogens is 338 g/mol. The molecule has 0 spiro atoms. The van der Waals surface area contributed by atoms with Gasteiger partial charge in [-0.05, 0) is 62.7 Å². The molecule has 4 aliphatic carbocycles. The minimum Gasteiger partial charge on any atom is -0.385 e. The SMILES string of the molecule is COCCCn1c(SCC(=O)C23CC4CC(CC(C4)C2)C3)n[nH]c1=O. The lowest BCUT2D eigenvalue weighted by Gasteiger charge is -2.56. The first kappa shape index (κ1) is 17.3. The number of aromatic amines is 1. The van der Waals surface area contributed by atoms with Crippen molar-refractivity contribution in [2.45, 2.75) is 56.6 Å². The molecule has 25 heavy (non-hydrogen) atoms. The first-order valence-corrected chi connectivity index (χ1v) is 10.4. The summed E-state index contributed by atoms with van der Waals surface area (Å²) in [5.74, 6) is 3.14. The number of H-pyrrole nitrogens is 1. The standard InChI is InChI=1S/C18H27N3O3S/c1-24-4-2-3-21-16(23)19-20-17(21)25-11-15(22)18-8-12-5-13(9-18)7-14(6-12)10-18/h12-14H,2-11H2,1H3,(H,19,23). The van der Waals surface area contributed by atoms with Crippen molar-refractivity contribution in [3.8, 4) is 0 Å². The number of carbonyl (C=O) groups is 1. The van der Waals surface area contributed by atoms with Gasteiger partial charge in [0.25, 0.3) is 0 Å². The van der Waals surface area contributed by atoms with Crippen molar-refractivity contribution in [1.82, 2.24) is 14.8 Å². The van der Waals surface area contributed by atoms with Crippen LogP contribution < -0.4 is 5.69 Å². The lowest BCUT2D eigenvalue weighted by atomic mass is 9.48. The number of ether oxygens (including phenoxy) is 1. The maximum Gasteiger partial charge on any atom is 0.343 e. The van der Waals surface area contributed by atoms with Crippen LogP contribution in [0.25, 0.3) is 0 Å². The normalized spacial score (nSPS) is 33.1. The Labute approximate surface area is 152 Å². The highest BCUT2D eigenvalue weighted by Crippen LogP contribution is 2.60. The van der Waals surface area contributed by atoms with Gasteiger partial charge in [0, 0.05) is 25.7 Å². The van der Waals surface area contributed by atoms with Crippen LogP contribution in [0.15, 0.2) is 9.95 Å². The smallest absolute Gasteiger partial charge is 0.343 e. The zero-order valence-corrected chi connectivity index (χ0v) is 15.6. The van der Waals surface area contributed by atoms with E-state index >= 15 is 0 Å². The van der Waals surface area contributed by atoms with E-state index in [1.165, 1.54) is 31.0 Å². The van der Waals surface area contributed by atoms with Gasteiger partial charge in [-0.25, -0.2) is 9.89 Å². The molecule has 0 unspecified atom stereocenters. The largest absolute Gasteiger partial charge is 0.385 e. The van der Waals surface area contributed by atoms with E-state index in [0.717, 1.165) is 43.4 Å². The van der Waals surface area contributed by atoms with E-state index in [1.54, 1.807) is 11.7 Å². The van der Waals surface area contributed by atoms with Crippen LogP contribution in [0.3, 0.4) is 0 Å². The third kappa shape index (κ3) is 3.33. The number of nitrogens with one attached hydrogen (secondary N) is 1. The van der Waals surface area contributed by atoms with Crippen molar-refractivity contribution in [2.75, 3.05) is 19.5 Å². The molecule has 0 aliphatic heterocycles. The molecule has 0 radical (unpaired) electrons. The molecule has 4 saturated carbocycles. The summed E-state index contributed by atoms with van der Waals surface area (Å²) in [5.41, 5.74) is -0.278. The summed E-state index contributed by atoms with van der Waals surface area (Å²) in [6, 6.07) is 0. The molecular formula is C18H27N3O3S. The van der Waals surface area contributed by atoms with E-state index in [4.69, 9.17) is 4.74 Å². The zero-order chi connectivity index (χ0) is 17.4. The van der Waals surface area contributed by atoms with Crippen molar-refractivity contribution in [3.05, 3.63) is 10.5 Å². The fourth-order valence-electron chi connectivity index (χ4n) is 5.71. The van der Waals surface area contributed by atoms with E-state index in [-0.39, 0.29) is 11.1 Å². The summed E-state index contributed by atoms with van der Waals surface area (Å²) >= 11 is 1.41. The Morgan fingerprint density at radius 2 is 1.92 bits per heavy atom. The highest BCUT2D eigenvalue weighted by atomic mass is 32.2. The van der Waals surface area contributed by atoms with Gasteiger partial charge in [0.05, 0.1) is 5.75 Å². The molecule has 1 heterocycles.